The summed E-state index contributed by atoms with van der Waals surface area (Å²) in [7, 11) is -3.65. The van der Waals surface area contributed by atoms with Gasteiger partial charge in [0.05, 0.1) is 4.90 Å². The van der Waals surface area contributed by atoms with Crippen molar-refractivity contribution in [3.8, 4) is 0 Å². The summed E-state index contributed by atoms with van der Waals surface area (Å²) < 4.78 is 25.7. The molecule has 0 aliphatic rings. The van der Waals surface area contributed by atoms with Crippen molar-refractivity contribution in [1.82, 2.24) is 4.41 Å². The third kappa shape index (κ3) is 2.12. The van der Waals surface area contributed by atoms with E-state index < -0.39 is 10.0 Å². The summed E-state index contributed by atoms with van der Waals surface area (Å²) in [5.74, 6) is 5.66. The molecule has 96 valence electrons. The zero-order valence-electron chi connectivity index (χ0n) is 10.4. The van der Waals surface area contributed by atoms with Crippen LogP contribution in [0.4, 0.5) is 0 Å². The van der Waals surface area contributed by atoms with Gasteiger partial charge >= 0.3 is 0 Å². The molecule has 0 saturated heterocycles. The highest BCUT2D eigenvalue weighted by Gasteiger charge is 2.25. The number of sulfonamides is 1. The second kappa shape index (κ2) is 4.68. The lowest BCUT2D eigenvalue weighted by Crippen LogP contribution is -2.42. The first-order valence-electron chi connectivity index (χ1n) is 5.71. The Bertz CT molecular complexity index is 660. The van der Waals surface area contributed by atoms with E-state index in [9.17, 15) is 8.42 Å². The Morgan fingerprint density at radius 3 is 2.33 bits per heavy atom. The zero-order chi connectivity index (χ0) is 13.3. The number of fused-ring (bicyclic) bond motifs is 1. The molecule has 0 aliphatic carbocycles. The predicted molar refractivity (Wildman–Crippen MR) is 72.3 cm³/mol. The van der Waals surface area contributed by atoms with Crippen molar-refractivity contribution in [2.75, 3.05) is 0 Å². The van der Waals surface area contributed by atoms with Crippen LogP contribution in [0.15, 0.2) is 47.4 Å². The van der Waals surface area contributed by atoms with E-state index in [-0.39, 0.29) is 10.9 Å². The van der Waals surface area contributed by atoms with Gasteiger partial charge in [-0.3, -0.25) is 5.84 Å². The van der Waals surface area contributed by atoms with E-state index in [4.69, 9.17) is 5.84 Å². The molecule has 0 aliphatic heterocycles. The van der Waals surface area contributed by atoms with Crippen LogP contribution in [0, 0.1) is 0 Å². The summed E-state index contributed by atoms with van der Waals surface area (Å²) in [6.45, 7) is 3.48. The first-order valence-corrected chi connectivity index (χ1v) is 7.15. The van der Waals surface area contributed by atoms with Crippen LogP contribution in [0.5, 0.6) is 0 Å². The van der Waals surface area contributed by atoms with E-state index in [2.05, 4.69) is 0 Å². The molecule has 0 radical (unpaired) electrons. The number of nitrogens with zero attached hydrogens (tertiary/aromatic N) is 1. The van der Waals surface area contributed by atoms with Crippen LogP contribution in [0.1, 0.15) is 13.8 Å². The van der Waals surface area contributed by atoms with Crippen molar-refractivity contribution >= 4 is 20.8 Å². The van der Waals surface area contributed by atoms with Gasteiger partial charge in [0, 0.05) is 11.4 Å². The van der Waals surface area contributed by atoms with Gasteiger partial charge in [-0.1, -0.05) is 36.4 Å². The molecule has 0 aromatic heterocycles. The molecule has 4 nitrogen and oxygen atoms in total. The van der Waals surface area contributed by atoms with Crippen molar-refractivity contribution in [3.05, 3.63) is 42.5 Å². The number of nitrogens with two attached hydrogens (primary N) is 1. The van der Waals surface area contributed by atoms with Gasteiger partial charge in [0.1, 0.15) is 0 Å². The smallest absolute Gasteiger partial charge is 0.254 e. The fraction of sp³-hybridized carbons (Fsp3) is 0.231. The van der Waals surface area contributed by atoms with Gasteiger partial charge in [-0.2, -0.15) is 0 Å². The minimum absolute atomic E-state index is 0.247. The normalized spacial score (nSPS) is 12.5. The van der Waals surface area contributed by atoms with Crippen molar-refractivity contribution in [2.24, 2.45) is 5.84 Å². The molecular weight excluding hydrogens is 248 g/mol. The number of rotatable bonds is 3. The van der Waals surface area contributed by atoms with E-state index in [1.54, 1.807) is 32.0 Å². The summed E-state index contributed by atoms with van der Waals surface area (Å²) in [6.07, 6.45) is 0. The van der Waals surface area contributed by atoms with E-state index in [1.807, 2.05) is 24.3 Å². The summed E-state index contributed by atoms with van der Waals surface area (Å²) in [5.41, 5.74) is 0. The van der Waals surface area contributed by atoms with Crippen LogP contribution < -0.4 is 5.84 Å². The lowest BCUT2D eigenvalue weighted by atomic mass is 10.1. The zero-order valence-corrected chi connectivity index (χ0v) is 11.2. The van der Waals surface area contributed by atoms with Gasteiger partial charge in [0.2, 0.25) is 0 Å². The Balaban J connectivity index is 2.69. The molecular formula is C13H16N2O2S. The largest absolute Gasteiger partial charge is 0.256 e. The second-order valence-corrected chi connectivity index (χ2v) is 6.22. The van der Waals surface area contributed by atoms with Crippen LogP contribution >= 0.6 is 0 Å². The fourth-order valence-corrected chi connectivity index (χ4v) is 3.31. The van der Waals surface area contributed by atoms with E-state index in [1.165, 1.54) is 0 Å². The van der Waals surface area contributed by atoms with Gasteiger partial charge in [-0.25, -0.2) is 8.42 Å². The number of hydrogen-bond acceptors (Lipinski definition) is 3. The van der Waals surface area contributed by atoms with Crippen LogP contribution in [0.25, 0.3) is 10.8 Å². The molecule has 0 fully saturated rings. The van der Waals surface area contributed by atoms with Gasteiger partial charge < -0.3 is 0 Å². The Morgan fingerprint density at radius 2 is 1.67 bits per heavy atom. The minimum atomic E-state index is -3.65. The van der Waals surface area contributed by atoms with E-state index in [0.29, 0.717) is 5.39 Å². The van der Waals surface area contributed by atoms with Crippen LogP contribution in [-0.4, -0.2) is 18.9 Å². The van der Waals surface area contributed by atoms with Crippen molar-refractivity contribution < 1.29 is 8.42 Å². The van der Waals surface area contributed by atoms with Gasteiger partial charge in [-0.15, -0.1) is 4.41 Å². The molecule has 0 amide bonds. The first-order chi connectivity index (χ1) is 8.44. The quantitative estimate of drug-likeness (QED) is 0.682. The molecule has 0 saturated carbocycles. The predicted octanol–water partition coefficient (Wildman–Crippen LogP) is 2.11. The van der Waals surface area contributed by atoms with Crippen molar-refractivity contribution in [1.29, 1.82) is 0 Å². The number of hydrogen-bond donors (Lipinski definition) is 1. The molecule has 5 heteroatoms. The summed E-state index contributed by atoms with van der Waals surface area (Å²) in [5, 5.41) is 1.58. The summed E-state index contributed by atoms with van der Waals surface area (Å²) in [6, 6.07) is 12.3. The maximum absolute atomic E-state index is 12.4. The average molecular weight is 264 g/mol. The Hall–Kier alpha value is -1.43. The Morgan fingerprint density at radius 1 is 1.06 bits per heavy atom. The lowest BCUT2D eigenvalue weighted by Gasteiger charge is -2.21. The van der Waals surface area contributed by atoms with E-state index in [0.717, 1.165) is 9.80 Å². The number of benzene rings is 2. The van der Waals surface area contributed by atoms with Crippen molar-refractivity contribution in [3.63, 3.8) is 0 Å². The number of hydrazine groups is 1. The second-order valence-electron chi connectivity index (χ2n) is 4.41. The molecule has 18 heavy (non-hydrogen) atoms. The topological polar surface area (TPSA) is 63.4 Å². The third-order valence-electron chi connectivity index (χ3n) is 2.81. The molecule has 2 aromatic carbocycles. The molecule has 0 spiro atoms. The van der Waals surface area contributed by atoms with Crippen LogP contribution in [-0.2, 0) is 10.0 Å². The van der Waals surface area contributed by atoms with E-state index >= 15 is 0 Å². The highest BCUT2D eigenvalue weighted by atomic mass is 32.2. The minimum Gasteiger partial charge on any atom is -0.254 e. The fourth-order valence-electron chi connectivity index (χ4n) is 1.81. The summed E-state index contributed by atoms with van der Waals surface area (Å²) >= 11 is 0. The van der Waals surface area contributed by atoms with Crippen LogP contribution in [0.2, 0.25) is 0 Å². The van der Waals surface area contributed by atoms with Gasteiger partial charge in [0.15, 0.2) is 0 Å². The lowest BCUT2D eigenvalue weighted by molar-refractivity contribution is 0.366. The molecule has 2 rings (SSSR count). The van der Waals surface area contributed by atoms with Crippen LogP contribution in [0.3, 0.4) is 0 Å². The molecule has 2 aromatic rings. The van der Waals surface area contributed by atoms with Gasteiger partial charge in [0.25, 0.3) is 10.0 Å². The third-order valence-corrected chi connectivity index (χ3v) is 4.70. The first kappa shape index (κ1) is 13.0. The Kier molecular flexibility index (Phi) is 3.38. The summed E-state index contributed by atoms with van der Waals surface area (Å²) in [4.78, 5) is 0.247. The SMILES string of the molecule is CC(C)N(N)S(=O)(=O)c1cccc2ccccc12. The van der Waals surface area contributed by atoms with Gasteiger partial charge in [-0.05, 0) is 25.3 Å². The monoisotopic (exact) mass is 264 g/mol. The Labute approximate surface area is 107 Å². The van der Waals surface area contributed by atoms with Crippen molar-refractivity contribution in [2.45, 2.75) is 24.8 Å². The average Bonchev–Trinajstić information content (AvgIpc) is 2.36. The molecule has 0 atom stereocenters. The molecule has 0 unspecified atom stereocenters. The maximum atomic E-state index is 12.4. The molecule has 0 heterocycles. The molecule has 2 N–H and O–H groups in total. The maximum Gasteiger partial charge on any atom is 0.256 e. The highest BCUT2D eigenvalue weighted by molar-refractivity contribution is 7.89. The molecule has 0 bridgehead atoms. The standard InChI is InChI=1S/C13H16N2O2S/c1-10(2)15(14)18(16,17)13-9-5-7-11-6-3-4-8-12(11)13/h3-10H,14H2,1-2H3. The highest BCUT2D eigenvalue weighted by Crippen LogP contribution is 2.25.